The van der Waals surface area contributed by atoms with Gasteiger partial charge in [-0.3, -0.25) is 15.0 Å². The molecule has 1 heterocycles. The Bertz CT molecular complexity index is 669. The quantitative estimate of drug-likeness (QED) is 0.628. The largest absolute Gasteiger partial charge is 0.290 e. The van der Waals surface area contributed by atoms with Crippen molar-refractivity contribution in [2.45, 2.75) is 0 Å². The van der Waals surface area contributed by atoms with Crippen molar-refractivity contribution in [2.75, 3.05) is 12.3 Å². The summed E-state index contributed by atoms with van der Waals surface area (Å²) in [5, 5.41) is 2.33. The fourth-order valence-corrected chi connectivity index (χ4v) is 3.14. The minimum absolute atomic E-state index is 0.102. The fraction of sp³-hybridized carbons (Fsp3) is 0.154. The molecule has 5 nitrogen and oxygen atoms in total. The Labute approximate surface area is 133 Å². The summed E-state index contributed by atoms with van der Waals surface area (Å²) in [7, 11) is -3.99. The van der Waals surface area contributed by atoms with Crippen LogP contribution in [-0.4, -0.2) is 34.6 Å². The first-order chi connectivity index (χ1) is 9.94. The smallest absolute Gasteiger partial charge is 0.266 e. The summed E-state index contributed by atoms with van der Waals surface area (Å²) in [5.41, 5.74) is 4.08. The molecule has 1 saturated heterocycles. The van der Waals surface area contributed by atoms with E-state index in [2.05, 4.69) is 5.43 Å². The summed E-state index contributed by atoms with van der Waals surface area (Å²) in [6.45, 7) is 0.102. The van der Waals surface area contributed by atoms with Crippen LogP contribution in [0.5, 0.6) is 0 Å². The molecule has 0 radical (unpaired) electrons. The molecule has 0 bridgehead atoms. The van der Waals surface area contributed by atoms with Crippen LogP contribution >= 0.6 is 24.0 Å². The maximum atomic E-state index is 10.7. The van der Waals surface area contributed by atoms with Crippen molar-refractivity contribution in [1.29, 1.82) is 0 Å². The Kier molecular flexibility index (Phi) is 5.40. The lowest BCUT2D eigenvalue weighted by atomic mass is 10.2. The van der Waals surface area contributed by atoms with Gasteiger partial charge in [-0.15, -0.1) is 0 Å². The Hall–Kier alpha value is -1.35. The minimum Gasteiger partial charge on any atom is -0.290 e. The lowest BCUT2D eigenvalue weighted by molar-refractivity contribution is 0.387. The zero-order chi connectivity index (χ0) is 15.3. The van der Waals surface area contributed by atoms with Gasteiger partial charge in [0.2, 0.25) is 0 Å². The molecule has 0 spiro atoms. The van der Waals surface area contributed by atoms with E-state index < -0.39 is 10.1 Å². The van der Waals surface area contributed by atoms with Crippen LogP contribution in [-0.2, 0) is 10.1 Å². The van der Waals surface area contributed by atoms with E-state index in [1.807, 2.05) is 48.6 Å². The number of nitrogens with one attached hydrogen (secondary N) is 1. The lowest BCUT2D eigenvalue weighted by Gasteiger charge is -2.15. The van der Waals surface area contributed by atoms with Gasteiger partial charge in [0.15, 0.2) is 4.32 Å². The molecule has 0 amide bonds. The van der Waals surface area contributed by atoms with Crippen molar-refractivity contribution in [2.24, 2.45) is 0 Å². The van der Waals surface area contributed by atoms with Crippen molar-refractivity contribution < 1.29 is 13.0 Å². The van der Waals surface area contributed by atoms with Crippen LogP contribution in [0.15, 0.2) is 47.5 Å². The molecule has 2 rings (SSSR count). The maximum Gasteiger partial charge on any atom is 0.266 e. The van der Waals surface area contributed by atoms with Crippen LogP contribution in [0.3, 0.4) is 0 Å². The molecule has 1 aromatic carbocycles. The second-order valence-corrected chi connectivity index (χ2v) is 7.47. The van der Waals surface area contributed by atoms with Crippen LogP contribution in [0.4, 0.5) is 0 Å². The monoisotopic (exact) mass is 342 g/mol. The van der Waals surface area contributed by atoms with E-state index in [-0.39, 0.29) is 12.3 Å². The normalized spacial score (nSPS) is 17.7. The summed E-state index contributed by atoms with van der Waals surface area (Å²) < 4.78 is 30.7. The Morgan fingerprint density at radius 2 is 2.05 bits per heavy atom. The Morgan fingerprint density at radius 1 is 1.33 bits per heavy atom. The number of hydrogen-bond acceptors (Lipinski definition) is 5. The molecule has 1 aliphatic heterocycles. The van der Waals surface area contributed by atoms with Gasteiger partial charge in [-0.05, 0) is 23.4 Å². The number of nitrogens with zero attached hydrogens (tertiary/aromatic N) is 1. The molecule has 0 atom stereocenters. The molecule has 1 fully saturated rings. The number of hydrogen-bond donors (Lipinski definition) is 2. The second kappa shape index (κ2) is 7.08. The molecule has 1 aliphatic rings. The van der Waals surface area contributed by atoms with Crippen LogP contribution in [0.2, 0.25) is 0 Å². The summed E-state index contributed by atoms with van der Waals surface area (Å²) in [6, 6.07) is 9.86. The predicted octanol–water partition coefficient (Wildman–Crippen LogP) is 2.27. The van der Waals surface area contributed by atoms with Crippen LogP contribution in [0.1, 0.15) is 5.56 Å². The summed E-state index contributed by atoms with van der Waals surface area (Å²) in [6.07, 6.45) is 5.70. The van der Waals surface area contributed by atoms with E-state index in [1.165, 1.54) is 16.8 Å². The molecule has 112 valence electrons. The number of allylic oxidation sites excluding steroid dienone is 2. The lowest BCUT2D eigenvalue weighted by Crippen LogP contribution is -2.36. The third kappa shape index (κ3) is 5.50. The number of thioether (sulfide) groups is 1. The van der Waals surface area contributed by atoms with Crippen molar-refractivity contribution >= 4 is 44.5 Å². The molecule has 8 heteroatoms. The highest BCUT2D eigenvalue weighted by atomic mass is 32.2. The van der Waals surface area contributed by atoms with Gasteiger partial charge in [0, 0.05) is 0 Å². The zero-order valence-corrected chi connectivity index (χ0v) is 13.4. The minimum atomic E-state index is -3.99. The molecular weight excluding hydrogens is 328 g/mol. The number of hydrazine groups is 1. The van der Waals surface area contributed by atoms with Gasteiger partial charge in [-0.25, -0.2) is 0 Å². The van der Waals surface area contributed by atoms with Crippen LogP contribution in [0, 0.1) is 0 Å². The predicted molar refractivity (Wildman–Crippen MR) is 90.0 cm³/mol. The first kappa shape index (κ1) is 16.0. The highest BCUT2D eigenvalue weighted by molar-refractivity contribution is 8.25. The van der Waals surface area contributed by atoms with Crippen LogP contribution < -0.4 is 5.43 Å². The van der Waals surface area contributed by atoms with Gasteiger partial charge >= 0.3 is 0 Å². The van der Waals surface area contributed by atoms with Crippen molar-refractivity contribution in [3.05, 3.63) is 53.1 Å². The molecule has 21 heavy (non-hydrogen) atoms. The number of rotatable bonds is 5. The first-order valence-electron chi connectivity index (χ1n) is 6.09. The summed E-state index contributed by atoms with van der Waals surface area (Å²) in [5.74, 6) is -0.367. The first-order valence-corrected chi connectivity index (χ1v) is 8.92. The molecule has 2 N–H and O–H groups in total. The maximum absolute atomic E-state index is 10.7. The van der Waals surface area contributed by atoms with Gasteiger partial charge in [-0.2, -0.15) is 8.42 Å². The van der Waals surface area contributed by atoms with Crippen LogP contribution in [0.25, 0.3) is 6.08 Å². The van der Waals surface area contributed by atoms with E-state index in [0.29, 0.717) is 4.32 Å². The Balaban J connectivity index is 1.93. The van der Waals surface area contributed by atoms with Crippen molar-refractivity contribution in [3.8, 4) is 0 Å². The van der Waals surface area contributed by atoms with Gasteiger partial charge in [0.25, 0.3) is 10.1 Å². The van der Waals surface area contributed by atoms with Crippen molar-refractivity contribution in [3.63, 3.8) is 0 Å². The standard InChI is InChI=1S/C13H14N2O3S3/c16-21(17,18)10-9-15-13(19)20-12(14-15)8-4-7-11-5-2-1-3-6-11/h1-8,14H,9-10H2,(H,16,17,18)/b7-4+,12-8-. The van der Waals surface area contributed by atoms with Gasteiger partial charge < -0.3 is 0 Å². The van der Waals surface area contributed by atoms with E-state index >= 15 is 0 Å². The third-order valence-corrected chi connectivity index (χ3v) is 4.58. The molecule has 1 aromatic rings. The highest BCUT2D eigenvalue weighted by Gasteiger charge is 2.22. The van der Waals surface area contributed by atoms with E-state index in [1.54, 1.807) is 0 Å². The molecule has 0 aliphatic carbocycles. The average molecular weight is 342 g/mol. The number of thiocarbonyl (C=S) groups is 1. The molecule has 0 unspecified atom stereocenters. The number of benzene rings is 1. The molecule has 0 saturated carbocycles. The molecule has 0 aromatic heterocycles. The van der Waals surface area contributed by atoms with Gasteiger partial charge in [0.05, 0.1) is 17.3 Å². The van der Waals surface area contributed by atoms with E-state index in [4.69, 9.17) is 16.8 Å². The highest BCUT2D eigenvalue weighted by Crippen LogP contribution is 2.24. The third-order valence-electron chi connectivity index (χ3n) is 2.57. The fourth-order valence-electron chi connectivity index (χ4n) is 1.59. The topological polar surface area (TPSA) is 69.6 Å². The van der Waals surface area contributed by atoms with E-state index in [9.17, 15) is 8.42 Å². The second-order valence-electron chi connectivity index (χ2n) is 4.22. The zero-order valence-electron chi connectivity index (χ0n) is 11.0. The van der Waals surface area contributed by atoms with E-state index in [0.717, 1.165) is 10.6 Å². The molecular formula is C13H14N2O3S3. The Morgan fingerprint density at radius 3 is 2.71 bits per heavy atom. The van der Waals surface area contributed by atoms with Crippen molar-refractivity contribution in [1.82, 2.24) is 10.4 Å². The summed E-state index contributed by atoms with van der Waals surface area (Å²) in [4.78, 5) is 0. The average Bonchev–Trinajstić information content (AvgIpc) is 2.77. The SMILES string of the molecule is O=S(=O)(O)CCN1N/C(=C/C=C/c2ccccc2)SC1=S. The van der Waals surface area contributed by atoms with Gasteiger partial charge in [-0.1, -0.05) is 54.7 Å². The van der Waals surface area contributed by atoms with Gasteiger partial charge in [0.1, 0.15) is 0 Å². The summed E-state index contributed by atoms with van der Waals surface area (Å²) >= 11 is 6.47.